The first-order chi connectivity index (χ1) is 14.9. The Morgan fingerprint density at radius 2 is 1.26 bits per heavy atom. The van der Waals surface area contributed by atoms with E-state index in [0.29, 0.717) is 17.5 Å². The molecule has 4 rings (SSSR count). The summed E-state index contributed by atoms with van der Waals surface area (Å²) >= 11 is 0. The molecule has 3 aromatic rings. The van der Waals surface area contributed by atoms with Crippen molar-refractivity contribution in [2.75, 3.05) is 0 Å². The highest BCUT2D eigenvalue weighted by molar-refractivity contribution is 7.13. The second kappa shape index (κ2) is 8.44. The molecule has 5 heteroatoms. The van der Waals surface area contributed by atoms with Crippen LogP contribution in [0.3, 0.4) is 0 Å². The van der Waals surface area contributed by atoms with E-state index >= 15 is 0 Å². The van der Waals surface area contributed by atoms with Crippen molar-refractivity contribution >= 4 is 30.5 Å². The van der Waals surface area contributed by atoms with Gasteiger partial charge in [-0.2, -0.15) is 0 Å². The summed E-state index contributed by atoms with van der Waals surface area (Å²) in [4.78, 5) is 41.1. The van der Waals surface area contributed by atoms with Crippen LogP contribution in [0.15, 0.2) is 84.9 Å². The SMILES string of the molecule is C[Si](C)(C(=O)C[C@H](Cc1ccccc1)N1C(=O)c2ccccc2C1=O)c1ccccc1. The Kier molecular flexibility index (Phi) is 5.70. The zero-order valence-corrected chi connectivity index (χ0v) is 18.7. The Bertz CT molecular complexity index is 1090. The molecule has 1 atom stereocenters. The van der Waals surface area contributed by atoms with E-state index in [0.717, 1.165) is 10.8 Å². The van der Waals surface area contributed by atoms with Gasteiger partial charge in [0.05, 0.1) is 17.2 Å². The maximum absolute atomic E-state index is 13.5. The van der Waals surface area contributed by atoms with Crippen LogP contribution in [0, 0.1) is 0 Å². The van der Waals surface area contributed by atoms with Gasteiger partial charge in [-0.15, -0.1) is 0 Å². The number of hydrogen-bond acceptors (Lipinski definition) is 3. The molecule has 1 aliphatic rings. The van der Waals surface area contributed by atoms with Crippen molar-refractivity contribution in [2.45, 2.75) is 32.0 Å². The molecular formula is C26H25NO3Si. The van der Waals surface area contributed by atoms with Crippen molar-refractivity contribution in [1.82, 2.24) is 4.90 Å². The van der Waals surface area contributed by atoms with Gasteiger partial charge < -0.3 is 4.79 Å². The Balaban J connectivity index is 1.67. The highest BCUT2D eigenvalue weighted by Gasteiger charge is 2.42. The summed E-state index contributed by atoms with van der Waals surface area (Å²) < 4.78 is 0. The van der Waals surface area contributed by atoms with E-state index in [1.807, 2.05) is 73.8 Å². The number of hydrogen-bond donors (Lipinski definition) is 0. The summed E-state index contributed by atoms with van der Waals surface area (Å²) in [7, 11) is -2.43. The molecule has 0 aromatic heterocycles. The van der Waals surface area contributed by atoms with E-state index in [4.69, 9.17) is 0 Å². The Morgan fingerprint density at radius 3 is 1.81 bits per heavy atom. The van der Waals surface area contributed by atoms with E-state index in [1.165, 1.54) is 4.90 Å². The number of carbonyl (C=O) groups excluding carboxylic acids is 3. The molecule has 0 fully saturated rings. The minimum absolute atomic E-state index is 0.135. The quantitative estimate of drug-likeness (QED) is 0.423. The first-order valence-electron chi connectivity index (χ1n) is 10.5. The normalized spacial score (nSPS) is 14.5. The van der Waals surface area contributed by atoms with Crippen LogP contribution in [0.4, 0.5) is 0 Å². The second-order valence-electron chi connectivity index (χ2n) is 8.49. The van der Waals surface area contributed by atoms with Crippen LogP contribution in [-0.4, -0.2) is 36.2 Å². The van der Waals surface area contributed by atoms with Crippen molar-refractivity contribution in [3.05, 3.63) is 102 Å². The van der Waals surface area contributed by atoms with Crippen LogP contribution >= 0.6 is 0 Å². The smallest absolute Gasteiger partial charge is 0.261 e. The van der Waals surface area contributed by atoms with Gasteiger partial charge in [-0.05, 0) is 24.1 Å². The second-order valence-corrected chi connectivity index (χ2v) is 12.9. The minimum Gasteiger partial charge on any atom is -0.305 e. The number of benzene rings is 3. The zero-order valence-electron chi connectivity index (χ0n) is 17.7. The molecule has 0 aliphatic carbocycles. The molecule has 31 heavy (non-hydrogen) atoms. The fourth-order valence-corrected chi connectivity index (χ4v) is 6.26. The lowest BCUT2D eigenvalue weighted by Crippen LogP contribution is -2.53. The summed E-state index contributed by atoms with van der Waals surface area (Å²) in [6, 6.07) is 25.9. The zero-order chi connectivity index (χ0) is 22.0. The summed E-state index contributed by atoms with van der Waals surface area (Å²) in [5.74, 6) is -0.623. The number of fused-ring (bicyclic) bond motifs is 1. The molecule has 0 saturated carbocycles. The van der Waals surface area contributed by atoms with Crippen LogP contribution in [0.2, 0.25) is 13.1 Å². The molecule has 0 radical (unpaired) electrons. The first kappa shape index (κ1) is 20.9. The lowest BCUT2D eigenvalue weighted by molar-refractivity contribution is -0.113. The number of rotatable bonds is 7. The van der Waals surface area contributed by atoms with Gasteiger partial charge in [0.15, 0.2) is 8.07 Å². The molecule has 0 spiro atoms. The highest BCUT2D eigenvalue weighted by atomic mass is 28.3. The van der Waals surface area contributed by atoms with Crippen molar-refractivity contribution in [2.24, 2.45) is 0 Å². The van der Waals surface area contributed by atoms with Crippen LogP contribution in [-0.2, 0) is 11.2 Å². The van der Waals surface area contributed by atoms with Gasteiger partial charge in [-0.3, -0.25) is 14.5 Å². The van der Waals surface area contributed by atoms with E-state index in [-0.39, 0.29) is 23.6 Å². The van der Waals surface area contributed by atoms with Gasteiger partial charge in [-0.25, -0.2) is 0 Å². The van der Waals surface area contributed by atoms with Crippen LogP contribution in [0.1, 0.15) is 32.7 Å². The third-order valence-corrected chi connectivity index (χ3v) is 9.49. The molecule has 1 heterocycles. The number of carbonyl (C=O) groups is 3. The van der Waals surface area contributed by atoms with Crippen LogP contribution in [0.25, 0.3) is 0 Å². The standard InChI is InChI=1S/C26H25NO3Si/c1-31(2,21-13-7-4-8-14-21)24(28)18-20(17-19-11-5-3-6-12-19)27-25(29)22-15-9-10-16-23(22)26(27)30/h3-16,20H,17-18H2,1-2H3/t20-/m0/s1. The molecule has 0 unspecified atom stereocenters. The van der Waals surface area contributed by atoms with Crippen molar-refractivity contribution in [3.63, 3.8) is 0 Å². The molecule has 3 aromatic carbocycles. The van der Waals surface area contributed by atoms with E-state index in [2.05, 4.69) is 0 Å². The highest BCUT2D eigenvalue weighted by Crippen LogP contribution is 2.28. The molecule has 4 nitrogen and oxygen atoms in total. The van der Waals surface area contributed by atoms with Gasteiger partial charge in [0.2, 0.25) is 0 Å². The average Bonchev–Trinajstić information content (AvgIpc) is 3.05. The third-order valence-electron chi connectivity index (χ3n) is 6.12. The van der Waals surface area contributed by atoms with Gasteiger partial charge in [-0.1, -0.05) is 91.1 Å². The maximum Gasteiger partial charge on any atom is 0.261 e. The average molecular weight is 428 g/mol. The number of amides is 2. The molecular weight excluding hydrogens is 402 g/mol. The number of imide groups is 1. The summed E-state index contributed by atoms with van der Waals surface area (Å²) in [6.07, 6.45) is 0.617. The topological polar surface area (TPSA) is 54.5 Å². The van der Waals surface area contributed by atoms with E-state index < -0.39 is 14.1 Å². The third kappa shape index (κ3) is 4.01. The Morgan fingerprint density at radius 1 is 0.774 bits per heavy atom. The molecule has 0 saturated heterocycles. The molecule has 1 aliphatic heterocycles. The monoisotopic (exact) mass is 427 g/mol. The minimum atomic E-state index is -2.43. The fourth-order valence-electron chi connectivity index (χ4n) is 4.17. The van der Waals surface area contributed by atoms with Gasteiger partial charge in [0, 0.05) is 6.42 Å². The number of nitrogens with zero attached hydrogens (tertiary/aromatic N) is 1. The summed E-state index contributed by atoms with van der Waals surface area (Å²) in [5.41, 5.74) is 1.83. The summed E-state index contributed by atoms with van der Waals surface area (Å²) in [6.45, 7) is 4.07. The molecule has 0 bridgehead atoms. The Labute approximate surface area is 183 Å². The van der Waals surface area contributed by atoms with E-state index in [9.17, 15) is 14.4 Å². The largest absolute Gasteiger partial charge is 0.305 e. The first-order valence-corrected chi connectivity index (χ1v) is 13.5. The predicted octanol–water partition coefficient (Wildman–Crippen LogP) is 4.01. The lowest BCUT2D eigenvalue weighted by Gasteiger charge is -2.29. The Hall–Kier alpha value is -3.31. The maximum atomic E-state index is 13.5. The van der Waals surface area contributed by atoms with Crippen LogP contribution < -0.4 is 5.19 Å². The van der Waals surface area contributed by atoms with Crippen molar-refractivity contribution in [1.29, 1.82) is 0 Å². The molecule has 0 N–H and O–H groups in total. The molecule has 2 amide bonds. The van der Waals surface area contributed by atoms with Gasteiger partial charge in [0.1, 0.15) is 5.41 Å². The fraction of sp³-hybridized carbons (Fsp3) is 0.192. The van der Waals surface area contributed by atoms with E-state index in [1.54, 1.807) is 24.3 Å². The van der Waals surface area contributed by atoms with Gasteiger partial charge >= 0.3 is 0 Å². The lowest BCUT2D eigenvalue weighted by atomic mass is 10.0. The van der Waals surface area contributed by atoms with Crippen molar-refractivity contribution < 1.29 is 14.4 Å². The predicted molar refractivity (Wildman–Crippen MR) is 124 cm³/mol. The van der Waals surface area contributed by atoms with Crippen molar-refractivity contribution in [3.8, 4) is 0 Å². The molecule has 156 valence electrons. The van der Waals surface area contributed by atoms with Crippen LogP contribution in [0.5, 0.6) is 0 Å². The summed E-state index contributed by atoms with van der Waals surface area (Å²) in [5, 5.41) is 1.19. The van der Waals surface area contributed by atoms with Gasteiger partial charge in [0.25, 0.3) is 11.8 Å².